The number of H-pyrrole nitrogens is 1. The summed E-state index contributed by atoms with van der Waals surface area (Å²) in [7, 11) is 2.10. The van der Waals surface area contributed by atoms with Crippen molar-refractivity contribution in [1.29, 1.82) is 0 Å². The molecule has 0 bridgehead atoms. The van der Waals surface area contributed by atoms with E-state index in [1.807, 2.05) is 63.4 Å². The van der Waals surface area contributed by atoms with Crippen molar-refractivity contribution in [2.45, 2.75) is 90.6 Å². The van der Waals surface area contributed by atoms with Crippen molar-refractivity contribution in [2.75, 3.05) is 26.7 Å². The van der Waals surface area contributed by atoms with Crippen molar-refractivity contribution in [3.63, 3.8) is 0 Å². The zero-order valence-corrected chi connectivity index (χ0v) is 38.0. The molecule has 10 rings (SSSR count). The highest BCUT2D eigenvalue weighted by molar-refractivity contribution is 5.90. The molecule has 17 heteroatoms. The van der Waals surface area contributed by atoms with Crippen LogP contribution in [0.25, 0.3) is 50.3 Å². The quantitative estimate of drug-likeness (QED) is 0.112. The third-order valence-corrected chi connectivity index (χ3v) is 14.1. The van der Waals surface area contributed by atoms with Crippen LogP contribution in [0.15, 0.2) is 76.4 Å². The van der Waals surface area contributed by atoms with Gasteiger partial charge in [-0.1, -0.05) is 27.7 Å². The van der Waals surface area contributed by atoms with Crippen LogP contribution in [0.4, 0.5) is 4.79 Å². The highest BCUT2D eigenvalue weighted by atomic mass is 16.6. The Balaban J connectivity index is 0.783. The summed E-state index contributed by atoms with van der Waals surface area (Å²) in [6, 6.07) is 18.0. The third-order valence-electron chi connectivity index (χ3n) is 14.1. The largest absolute Gasteiger partial charge is 0.508 e. The lowest BCUT2D eigenvalue weighted by Crippen LogP contribution is -2.47. The van der Waals surface area contributed by atoms with Crippen molar-refractivity contribution in [1.82, 2.24) is 38.7 Å². The monoisotopic (exact) mass is 908 g/mol. The average Bonchev–Trinajstić information content (AvgIpc) is 4.03. The molecule has 4 N–H and O–H groups in total. The van der Waals surface area contributed by atoms with E-state index < -0.39 is 23.4 Å². The normalized spacial score (nSPS) is 17.1. The van der Waals surface area contributed by atoms with Crippen LogP contribution in [-0.4, -0.2) is 98.8 Å². The van der Waals surface area contributed by atoms with E-state index >= 15 is 0 Å². The Hall–Kier alpha value is -7.24. The number of nitrogens with zero attached hydrogens (tertiary/aromatic N) is 7. The van der Waals surface area contributed by atoms with Gasteiger partial charge in [0.15, 0.2) is 11.4 Å². The lowest BCUT2D eigenvalue weighted by Gasteiger charge is -2.36. The summed E-state index contributed by atoms with van der Waals surface area (Å²) in [5.74, 6) is -0.346. The second kappa shape index (κ2) is 16.6. The molecule has 4 aromatic heterocycles. The molecule has 3 aliphatic rings. The molecule has 1 saturated heterocycles. The van der Waals surface area contributed by atoms with Crippen molar-refractivity contribution >= 4 is 33.9 Å². The maximum Gasteiger partial charge on any atom is 0.415 e. The molecule has 7 aromatic rings. The van der Waals surface area contributed by atoms with Gasteiger partial charge in [-0.3, -0.25) is 4.79 Å². The van der Waals surface area contributed by atoms with Crippen molar-refractivity contribution in [3.05, 3.63) is 116 Å². The standard InChI is InChI=1S/C50H52N8O9/c1-6-32-34-21-31(9-10-39(34)51-44-36(32)25-57-41(44)23-38-37(46(57)61)26-66-47(62)50(38,65)7-2)67-49(64)56-16-13-29(14-17-56)54(5)18-19-55-15-12-28-20-30(8-11-40(28)55)58-45(52-53-48(58)63)35-22-33(27(3)4)42(59)24-43(35)60/h8-12,15,20-24,27,29,59-60,65H,6-7,13-14,16-19,25-26H2,1-5H3,(H,53,63). The van der Waals surface area contributed by atoms with Gasteiger partial charge < -0.3 is 43.7 Å². The first kappa shape index (κ1) is 43.6. The highest BCUT2D eigenvalue weighted by Crippen LogP contribution is 2.42. The fourth-order valence-corrected chi connectivity index (χ4v) is 10.2. The summed E-state index contributed by atoms with van der Waals surface area (Å²) in [5, 5.41) is 40.9. The van der Waals surface area contributed by atoms with E-state index in [2.05, 4.69) is 26.7 Å². The number of aromatic hydroxyl groups is 2. The smallest absolute Gasteiger partial charge is 0.415 e. The molecule has 1 atom stereocenters. The molecule has 3 aromatic carbocycles. The molecule has 7 heterocycles. The van der Waals surface area contributed by atoms with Gasteiger partial charge >= 0.3 is 17.8 Å². The molecule has 1 fully saturated rings. The summed E-state index contributed by atoms with van der Waals surface area (Å²) in [6.45, 7) is 10.3. The van der Waals surface area contributed by atoms with E-state index in [4.69, 9.17) is 14.5 Å². The lowest BCUT2D eigenvalue weighted by atomic mass is 9.86. The number of piperidine rings is 1. The van der Waals surface area contributed by atoms with E-state index in [0.717, 1.165) is 53.3 Å². The van der Waals surface area contributed by atoms with Crippen LogP contribution in [0.2, 0.25) is 0 Å². The van der Waals surface area contributed by atoms with Crippen LogP contribution in [0.1, 0.15) is 80.7 Å². The number of amides is 1. The minimum absolute atomic E-state index is 0.0192. The Kier molecular flexibility index (Phi) is 10.8. The topological polar surface area (TPSA) is 210 Å². The lowest BCUT2D eigenvalue weighted by molar-refractivity contribution is -0.172. The van der Waals surface area contributed by atoms with Gasteiger partial charge in [-0.05, 0) is 104 Å². The van der Waals surface area contributed by atoms with Gasteiger partial charge in [0.2, 0.25) is 0 Å². The molecule has 3 aliphatic heterocycles. The number of ether oxygens (including phenoxy) is 2. The summed E-state index contributed by atoms with van der Waals surface area (Å²) in [4.78, 5) is 62.0. The van der Waals surface area contributed by atoms with Gasteiger partial charge in [0.1, 0.15) is 23.9 Å². The SMILES string of the molecule is CCc1c2c(nc3ccc(OC(=O)N4CCC(N(C)CCn5ccc6cc(-n7c(-c8cc(C(C)C)c(O)cc8O)n[nH]c7=O)ccc65)CC4)cc13)-c1cc3c(c(=O)n1C2)COC(=O)C3(O)CC. The number of cyclic esters (lactones) is 1. The van der Waals surface area contributed by atoms with Gasteiger partial charge in [0.05, 0.1) is 40.3 Å². The number of aromatic amines is 1. The predicted octanol–water partition coefficient (Wildman–Crippen LogP) is 6.27. The molecule has 0 spiro atoms. The number of carbonyl (C=O) groups is 2. The number of hydrogen-bond acceptors (Lipinski definition) is 12. The number of rotatable bonds is 10. The Morgan fingerprint density at radius 3 is 2.54 bits per heavy atom. The number of likely N-dealkylation sites (tertiary alicyclic amines) is 1. The predicted molar refractivity (Wildman–Crippen MR) is 250 cm³/mol. The van der Waals surface area contributed by atoms with Crippen LogP contribution >= 0.6 is 0 Å². The Labute approximate surface area is 384 Å². The van der Waals surface area contributed by atoms with Crippen molar-refractivity contribution < 1.29 is 34.4 Å². The number of aryl methyl sites for hydroxylation is 1. The van der Waals surface area contributed by atoms with Crippen LogP contribution in [-0.2, 0) is 41.2 Å². The summed E-state index contributed by atoms with van der Waals surface area (Å²) >= 11 is 0. The molecule has 0 radical (unpaired) electrons. The van der Waals surface area contributed by atoms with Crippen LogP contribution in [0.3, 0.4) is 0 Å². The number of hydrogen-bond donors (Lipinski definition) is 4. The first-order valence-electron chi connectivity index (χ1n) is 22.8. The Morgan fingerprint density at radius 1 is 1.00 bits per heavy atom. The second-order valence-electron chi connectivity index (χ2n) is 18.1. The van der Waals surface area contributed by atoms with E-state index in [-0.39, 0.29) is 65.5 Å². The number of pyridine rings is 2. The molecule has 1 unspecified atom stereocenters. The van der Waals surface area contributed by atoms with Crippen molar-refractivity contribution in [3.8, 4) is 45.7 Å². The summed E-state index contributed by atoms with van der Waals surface area (Å²) in [5.41, 5.74) is 4.13. The van der Waals surface area contributed by atoms with Gasteiger partial charge in [-0.2, -0.15) is 5.10 Å². The molecular formula is C50H52N8O9. The number of benzene rings is 3. The minimum Gasteiger partial charge on any atom is -0.508 e. The number of nitrogens with one attached hydrogen (secondary N) is 1. The molecule has 67 heavy (non-hydrogen) atoms. The zero-order chi connectivity index (χ0) is 47.1. The van der Waals surface area contributed by atoms with Crippen LogP contribution in [0.5, 0.6) is 17.2 Å². The molecule has 0 saturated carbocycles. The second-order valence-corrected chi connectivity index (χ2v) is 18.1. The van der Waals surface area contributed by atoms with E-state index in [0.29, 0.717) is 59.0 Å². The summed E-state index contributed by atoms with van der Waals surface area (Å²) in [6.07, 6.45) is 3.87. The maximum atomic E-state index is 13.8. The number of carbonyl (C=O) groups excluding carboxylic acids is 2. The first-order chi connectivity index (χ1) is 32.2. The van der Waals surface area contributed by atoms with Crippen LogP contribution in [0, 0.1) is 0 Å². The average molecular weight is 909 g/mol. The van der Waals surface area contributed by atoms with Gasteiger partial charge in [0, 0.05) is 71.9 Å². The first-order valence-corrected chi connectivity index (χ1v) is 22.8. The van der Waals surface area contributed by atoms with Gasteiger partial charge in [-0.25, -0.2) is 29.0 Å². The van der Waals surface area contributed by atoms with Crippen molar-refractivity contribution in [2.24, 2.45) is 0 Å². The number of aliphatic hydroxyl groups is 1. The van der Waals surface area contributed by atoms with E-state index in [1.54, 1.807) is 34.6 Å². The molecule has 346 valence electrons. The minimum atomic E-state index is -1.91. The highest BCUT2D eigenvalue weighted by Gasteiger charge is 2.45. The fraction of sp³-hybridized carbons (Fsp3) is 0.360. The zero-order valence-electron chi connectivity index (χ0n) is 38.0. The number of fused-ring (bicyclic) bond motifs is 6. The fourth-order valence-electron chi connectivity index (χ4n) is 10.2. The number of phenolic OH excluding ortho intramolecular Hbond substituents is 2. The maximum absolute atomic E-state index is 13.8. The van der Waals surface area contributed by atoms with E-state index in [1.165, 1.54) is 10.6 Å². The number of esters is 1. The summed E-state index contributed by atoms with van der Waals surface area (Å²) < 4.78 is 16.4. The van der Waals surface area contributed by atoms with Crippen LogP contribution < -0.4 is 16.0 Å². The molecule has 1 amide bonds. The Bertz CT molecular complexity index is 3280. The Morgan fingerprint density at radius 2 is 1.79 bits per heavy atom. The number of aromatic nitrogens is 6. The number of phenols is 2. The third kappa shape index (κ3) is 7.23. The molecule has 17 nitrogen and oxygen atoms in total. The van der Waals surface area contributed by atoms with E-state index in [9.17, 15) is 34.5 Å². The number of likely N-dealkylation sites (N-methyl/N-ethyl adjacent to an activating group) is 1. The van der Waals surface area contributed by atoms with Gasteiger partial charge in [-0.15, -0.1) is 0 Å². The van der Waals surface area contributed by atoms with Gasteiger partial charge in [0.25, 0.3) is 5.56 Å². The molecular weight excluding hydrogens is 857 g/mol. The molecule has 0 aliphatic carbocycles.